The highest BCUT2D eigenvalue weighted by Crippen LogP contribution is 2.46. The average molecular weight is 304 g/mol. The molecule has 1 heterocycles. The van der Waals surface area contributed by atoms with Gasteiger partial charge in [-0.15, -0.1) is 0 Å². The van der Waals surface area contributed by atoms with Crippen LogP contribution in [0.25, 0.3) is 10.8 Å². The van der Waals surface area contributed by atoms with Crippen LogP contribution in [-0.2, 0) is 0 Å². The minimum absolute atomic E-state index is 0.0579. The summed E-state index contributed by atoms with van der Waals surface area (Å²) in [6.45, 7) is 1.40. The van der Waals surface area contributed by atoms with E-state index in [1.54, 1.807) is 18.2 Å². The second-order valence-corrected chi connectivity index (χ2v) is 5.40. The maximum absolute atomic E-state index is 12.2. The van der Waals surface area contributed by atoms with Gasteiger partial charge in [0.25, 0.3) is 0 Å². The Hall–Kier alpha value is -2.47. The first-order valence-corrected chi connectivity index (χ1v) is 6.72. The minimum atomic E-state index is -1.59. The third-order valence-corrected chi connectivity index (χ3v) is 3.67. The second-order valence-electron chi connectivity index (χ2n) is 5.40. The topological polar surface area (TPSA) is 85.2 Å². The van der Waals surface area contributed by atoms with E-state index in [1.165, 1.54) is 21.1 Å². The first kappa shape index (κ1) is 14.5. The summed E-state index contributed by atoms with van der Waals surface area (Å²) < 4.78 is 15.9. The Morgan fingerprint density at radius 1 is 1.23 bits per heavy atom. The van der Waals surface area contributed by atoms with Crippen LogP contribution in [0.4, 0.5) is 0 Å². The molecule has 1 unspecified atom stereocenters. The third kappa shape index (κ3) is 2.12. The zero-order valence-electron chi connectivity index (χ0n) is 12.5. The molecule has 2 aromatic carbocycles. The number of phenolic OH excluding ortho intramolecular Hbond substituents is 1. The monoisotopic (exact) mass is 304 g/mol. The Bertz CT molecular complexity index is 778. The van der Waals surface area contributed by atoms with Crippen LogP contribution in [0.1, 0.15) is 23.7 Å². The van der Waals surface area contributed by atoms with E-state index in [0.717, 1.165) is 0 Å². The van der Waals surface area contributed by atoms with Gasteiger partial charge in [0.15, 0.2) is 5.78 Å². The van der Waals surface area contributed by atoms with Crippen molar-refractivity contribution in [3.05, 3.63) is 23.8 Å². The maximum atomic E-state index is 12.2. The van der Waals surface area contributed by atoms with Crippen molar-refractivity contribution in [2.75, 3.05) is 14.2 Å². The van der Waals surface area contributed by atoms with E-state index in [0.29, 0.717) is 22.3 Å². The Balaban J connectivity index is 2.36. The van der Waals surface area contributed by atoms with E-state index in [-0.39, 0.29) is 29.3 Å². The molecule has 6 nitrogen and oxygen atoms in total. The SMILES string of the molecule is COc1cc(OC)c2c(O)c3c(cc2c1)OC(C)(O)CC3=O. The summed E-state index contributed by atoms with van der Waals surface area (Å²) in [5.41, 5.74) is 0.0579. The van der Waals surface area contributed by atoms with Crippen molar-refractivity contribution in [1.29, 1.82) is 0 Å². The van der Waals surface area contributed by atoms with E-state index in [1.807, 2.05) is 0 Å². The predicted octanol–water partition coefficient (Wildman–Crippen LogP) is 2.24. The van der Waals surface area contributed by atoms with Gasteiger partial charge < -0.3 is 24.4 Å². The molecule has 1 atom stereocenters. The van der Waals surface area contributed by atoms with Crippen LogP contribution >= 0.6 is 0 Å². The highest BCUT2D eigenvalue weighted by Gasteiger charge is 2.37. The molecule has 0 aromatic heterocycles. The average Bonchev–Trinajstić information content (AvgIpc) is 2.43. The van der Waals surface area contributed by atoms with Crippen LogP contribution in [0.3, 0.4) is 0 Å². The van der Waals surface area contributed by atoms with Crippen molar-refractivity contribution in [3.8, 4) is 23.0 Å². The summed E-state index contributed by atoms with van der Waals surface area (Å²) in [7, 11) is 2.99. The number of ketones is 1. The summed E-state index contributed by atoms with van der Waals surface area (Å²) in [4.78, 5) is 12.2. The lowest BCUT2D eigenvalue weighted by atomic mass is 9.94. The zero-order valence-corrected chi connectivity index (χ0v) is 12.5. The molecule has 2 aromatic rings. The number of aliphatic hydroxyl groups is 1. The molecule has 22 heavy (non-hydrogen) atoms. The number of carbonyl (C=O) groups is 1. The smallest absolute Gasteiger partial charge is 0.212 e. The van der Waals surface area contributed by atoms with Gasteiger partial charge in [-0.3, -0.25) is 4.79 Å². The van der Waals surface area contributed by atoms with Crippen LogP contribution in [0.15, 0.2) is 18.2 Å². The normalized spacial score (nSPS) is 20.5. The molecule has 0 bridgehead atoms. The number of aromatic hydroxyl groups is 1. The number of hydrogen-bond donors (Lipinski definition) is 2. The lowest BCUT2D eigenvalue weighted by Crippen LogP contribution is -2.38. The fraction of sp³-hybridized carbons (Fsp3) is 0.312. The second kappa shape index (κ2) is 4.78. The van der Waals surface area contributed by atoms with Gasteiger partial charge in [-0.25, -0.2) is 0 Å². The highest BCUT2D eigenvalue weighted by atomic mass is 16.6. The molecule has 0 aliphatic carbocycles. The molecule has 0 spiro atoms. The molecule has 0 amide bonds. The molecule has 0 saturated carbocycles. The first-order chi connectivity index (χ1) is 10.4. The van der Waals surface area contributed by atoms with Crippen molar-refractivity contribution in [3.63, 3.8) is 0 Å². The molecule has 116 valence electrons. The van der Waals surface area contributed by atoms with Crippen LogP contribution in [0.2, 0.25) is 0 Å². The zero-order chi connectivity index (χ0) is 16.1. The Labute approximate surface area is 126 Å². The summed E-state index contributed by atoms with van der Waals surface area (Å²) in [5.74, 6) is -1.12. The number of rotatable bonds is 2. The van der Waals surface area contributed by atoms with E-state index in [4.69, 9.17) is 14.2 Å². The molecule has 0 saturated heterocycles. The number of fused-ring (bicyclic) bond motifs is 2. The largest absolute Gasteiger partial charge is 0.506 e. The number of benzene rings is 2. The molecule has 1 aliphatic heterocycles. The lowest BCUT2D eigenvalue weighted by Gasteiger charge is -2.30. The molecule has 1 aliphatic rings. The van der Waals surface area contributed by atoms with Gasteiger partial charge in [0.2, 0.25) is 5.79 Å². The predicted molar refractivity (Wildman–Crippen MR) is 78.9 cm³/mol. The molecule has 3 rings (SSSR count). The number of ether oxygens (including phenoxy) is 3. The van der Waals surface area contributed by atoms with Gasteiger partial charge >= 0.3 is 0 Å². The standard InChI is InChI=1S/C16H16O6/c1-16(19)7-10(17)14-12(22-16)5-8-4-9(20-2)6-11(21-3)13(8)15(14)18/h4-6,18-19H,7H2,1-3H3. The summed E-state index contributed by atoms with van der Waals surface area (Å²) in [6, 6.07) is 4.90. The van der Waals surface area contributed by atoms with Crippen molar-refractivity contribution in [2.24, 2.45) is 0 Å². The third-order valence-electron chi connectivity index (χ3n) is 3.67. The highest BCUT2D eigenvalue weighted by molar-refractivity contribution is 6.10. The van der Waals surface area contributed by atoms with Gasteiger partial charge in [-0.1, -0.05) is 0 Å². The number of Topliss-reactive ketones (excluding diaryl/α,β-unsaturated/α-hetero) is 1. The van der Waals surface area contributed by atoms with E-state index >= 15 is 0 Å². The summed E-state index contributed by atoms with van der Waals surface area (Å²) >= 11 is 0. The van der Waals surface area contributed by atoms with Gasteiger partial charge in [0.1, 0.15) is 28.6 Å². The molecule has 0 fully saturated rings. The Morgan fingerprint density at radius 2 is 1.95 bits per heavy atom. The van der Waals surface area contributed by atoms with E-state index in [2.05, 4.69) is 0 Å². The van der Waals surface area contributed by atoms with Crippen molar-refractivity contribution >= 4 is 16.6 Å². The van der Waals surface area contributed by atoms with Crippen molar-refractivity contribution in [1.82, 2.24) is 0 Å². The maximum Gasteiger partial charge on any atom is 0.212 e. The van der Waals surface area contributed by atoms with Gasteiger partial charge in [-0.2, -0.15) is 0 Å². The van der Waals surface area contributed by atoms with Crippen molar-refractivity contribution in [2.45, 2.75) is 19.1 Å². The number of phenols is 1. The van der Waals surface area contributed by atoms with Crippen LogP contribution in [0, 0.1) is 0 Å². The lowest BCUT2D eigenvalue weighted by molar-refractivity contribution is -0.123. The molecule has 6 heteroatoms. The van der Waals surface area contributed by atoms with E-state index < -0.39 is 5.79 Å². The number of hydrogen-bond acceptors (Lipinski definition) is 6. The molecule has 0 radical (unpaired) electrons. The van der Waals surface area contributed by atoms with Gasteiger partial charge in [0, 0.05) is 13.0 Å². The summed E-state index contributed by atoms with van der Waals surface area (Å²) in [5, 5.41) is 21.5. The fourth-order valence-corrected chi connectivity index (χ4v) is 2.72. The number of methoxy groups -OCH3 is 2. The Kier molecular flexibility index (Phi) is 3.14. The first-order valence-electron chi connectivity index (χ1n) is 6.72. The van der Waals surface area contributed by atoms with E-state index in [9.17, 15) is 15.0 Å². The van der Waals surface area contributed by atoms with Gasteiger partial charge in [0.05, 0.1) is 26.0 Å². The van der Waals surface area contributed by atoms with Gasteiger partial charge in [-0.05, 0) is 17.5 Å². The van der Waals surface area contributed by atoms with Crippen LogP contribution in [-0.4, -0.2) is 36.0 Å². The number of carbonyl (C=O) groups excluding carboxylic acids is 1. The van der Waals surface area contributed by atoms with Crippen molar-refractivity contribution < 1.29 is 29.2 Å². The molecular formula is C16H16O6. The summed E-state index contributed by atoms with van der Waals surface area (Å²) in [6.07, 6.45) is -0.225. The van der Waals surface area contributed by atoms with Crippen LogP contribution in [0.5, 0.6) is 23.0 Å². The van der Waals surface area contributed by atoms with Crippen LogP contribution < -0.4 is 14.2 Å². The minimum Gasteiger partial charge on any atom is -0.506 e. The Morgan fingerprint density at radius 3 is 2.59 bits per heavy atom. The quantitative estimate of drug-likeness (QED) is 0.885. The fourth-order valence-electron chi connectivity index (χ4n) is 2.72. The molecule has 2 N–H and O–H groups in total. The molecular weight excluding hydrogens is 288 g/mol.